The molecule has 1 unspecified atom stereocenters. The van der Waals surface area contributed by atoms with Crippen LogP contribution in [0.25, 0.3) is 0 Å². The monoisotopic (exact) mass is 283 g/mol. The lowest BCUT2D eigenvalue weighted by Crippen LogP contribution is -2.31. The number of carbonyl (C=O) groups excluding carboxylic acids is 2. The molecular formula is C17H17NO3. The number of imide groups is 1. The number of anilines is 1. The third-order valence-corrected chi connectivity index (χ3v) is 4.53. The van der Waals surface area contributed by atoms with Crippen LogP contribution in [-0.4, -0.2) is 17.9 Å². The highest BCUT2D eigenvalue weighted by Crippen LogP contribution is 2.38. The Bertz CT molecular complexity index is 661. The number of benzene rings is 1. The van der Waals surface area contributed by atoms with Crippen LogP contribution >= 0.6 is 0 Å². The Morgan fingerprint density at radius 2 is 1.76 bits per heavy atom. The molecule has 2 amide bonds. The van der Waals surface area contributed by atoms with E-state index in [4.69, 9.17) is 4.74 Å². The Balaban J connectivity index is 1.71. The van der Waals surface area contributed by atoms with Crippen LogP contribution < -0.4 is 9.64 Å². The highest BCUT2D eigenvalue weighted by molar-refractivity contribution is 6.33. The van der Waals surface area contributed by atoms with Crippen LogP contribution in [0, 0.1) is 0 Å². The second-order valence-electron chi connectivity index (χ2n) is 6.03. The van der Waals surface area contributed by atoms with E-state index in [1.54, 1.807) is 0 Å². The minimum Gasteiger partial charge on any atom is -0.490 e. The highest BCUT2D eigenvalue weighted by Gasteiger charge is 2.40. The first-order valence-corrected chi connectivity index (χ1v) is 7.55. The van der Waals surface area contributed by atoms with Crippen LogP contribution in [0.2, 0.25) is 0 Å². The first-order valence-electron chi connectivity index (χ1n) is 7.55. The van der Waals surface area contributed by atoms with Gasteiger partial charge in [0.25, 0.3) is 11.8 Å². The molecule has 0 bridgehead atoms. The van der Waals surface area contributed by atoms with Gasteiger partial charge in [-0.15, -0.1) is 0 Å². The smallest absolute Gasteiger partial charge is 0.261 e. The Morgan fingerprint density at radius 1 is 1.10 bits per heavy atom. The molecule has 0 N–H and O–H groups in total. The summed E-state index contributed by atoms with van der Waals surface area (Å²) in [5.74, 6) is 0.520. The molecule has 21 heavy (non-hydrogen) atoms. The van der Waals surface area contributed by atoms with Crippen molar-refractivity contribution in [2.75, 3.05) is 4.90 Å². The summed E-state index contributed by atoms with van der Waals surface area (Å²) in [4.78, 5) is 26.4. The zero-order chi connectivity index (χ0) is 14.6. The minimum absolute atomic E-state index is 0.138. The van der Waals surface area contributed by atoms with Gasteiger partial charge in [0, 0.05) is 23.6 Å². The van der Waals surface area contributed by atoms with E-state index in [0.717, 1.165) is 54.6 Å². The molecule has 4 heteroatoms. The van der Waals surface area contributed by atoms with Gasteiger partial charge in [0.05, 0.1) is 5.69 Å². The summed E-state index contributed by atoms with van der Waals surface area (Å²) in [5.41, 5.74) is 3.22. The van der Waals surface area contributed by atoms with Gasteiger partial charge in [-0.05, 0) is 44.2 Å². The molecule has 0 saturated heterocycles. The molecule has 0 spiro atoms. The normalized spacial score (nSPS) is 24.2. The van der Waals surface area contributed by atoms with E-state index in [0.29, 0.717) is 5.69 Å². The molecule has 0 radical (unpaired) electrons. The van der Waals surface area contributed by atoms with E-state index in [1.807, 2.05) is 25.1 Å². The molecule has 4 rings (SSSR count). The van der Waals surface area contributed by atoms with Gasteiger partial charge in [0.15, 0.2) is 0 Å². The fourth-order valence-electron chi connectivity index (χ4n) is 3.50. The number of hydrogen-bond acceptors (Lipinski definition) is 3. The Morgan fingerprint density at radius 3 is 2.43 bits per heavy atom. The molecular weight excluding hydrogens is 266 g/mol. The van der Waals surface area contributed by atoms with Crippen molar-refractivity contribution in [2.45, 2.75) is 45.1 Å². The SMILES string of the molecule is CC1Cc2ccc(N3C(=O)C4=C(CCCC4)C3=O)cc2O1. The summed E-state index contributed by atoms with van der Waals surface area (Å²) in [5, 5.41) is 0. The molecule has 2 heterocycles. The number of fused-ring (bicyclic) bond motifs is 1. The molecule has 4 nitrogen and oxygen atoms in total. The van der Waals surface area contributed by atoms with Gasteiger partial charge in [-0.2, -0.15) is 0 Å². The quantitative estimate of drug-likeness (QED) is 0.745. The topological polar surface area (TPSA) is 46.6 Å². The van der Waals surface area contributed by atoms with Crippen molar-refractivity contribution in [1.29, 1.82) is 0 Å². The zero-order valence-electron chi connectivity index (χ0n) is 12.0. The standard InChI is InChI=1S/C17H17NO3/c1-10-8-11-6-7-12(9-15(11)21-10)18-16(19)13-4-2-3-5-14(13)17(18)20/h6-7,9-10H,2-5,8H2,1H3. The predicted molar refractivity (Wildman–Crippen MR) is 78.2 cm³/mol. The third-order valence-electron chi connectivity index (χ3n) is 4.53. The molecule has 0 aromatic heterocycles. The van der Waals surface area contributed by atoms with Gasteiger partial charge in [0.2, 0.25) is 0 Å². The summed E-state index contributed by atoms with van der Waals surface area (Å²) < 4.78 is 5.73. The Hall–Kier alpha value is -2.10. The third kappa shape index (κ3) is 1.82. The van der Waals surface area contributed by atoms with Gasteiger partial charge in [-0.3, -0.25) is 9.59 Å². The van der Waals surface area contributed by atoms with E-state index in [9.17, 15) is 9.59 Å². The maximum Gasteiger partial charge on any atom is 0.261 e. The predicted octanol–water partition coefficient (Wildman–Crippen LogP) is 2.75. The molecule has 1 atom stereocenters. The van der Waals surface area contributed by atoms with Crippen molar-refractivity contribution in [2.24, 2.45) is 0 Å². The molecule has 108 valence electrons. The van der Waals surface area contributed by atoms with Gasteiger partial charge in [0.1, 0.15) is 11.9 Å². The van der Waals surface area contributed by atoms with Crippen molar-refractivity contribution in [1.82, 2.24) is 0 Å². The largest absolute Gasteiger partial charge is 0.490 e. The van der Waals surface area contributed by atoms with Gasteiger partial charge in [-0.25, -0.2) is 4.90 Å². The van der Waals surface area contributed by atoms with Crippen LogP contribution in [0.4, 0.5) is 5.69 Å². The maximum absolute atomic E-state index is 12.5. The van der Waals surface area contributed by atoms with Crippen molar-refractivity contribution >= 4 is 17.5 Å². The summed E-state index contributed by atoms with van der Waals surface area (Å²) in [6, 6.07) is 5.65. The van der Waals surface area contributed by atoms with Crippen LogP contribution in [-0.2, 0) is 16.0 Å². The van der Waals surface area contributed by atoms with Crippen LogP contribution in [0.5, 0.6) is 5.75 Å². The van der Waals surface area contributed by atoms with Gasteiger partial charge >= 0.3 is 0 Å². The van der Waals surface area contributed by atoms with E-state index in [-0.39, 0.29) is 17.9 Å². The first kappa shape index (κ1) is 12.6. The average molecular weight is 283 g/mol. The van der Waals surface area contributed by atoms with Crippen LogP contribution in [0.3, 0.4) is 0 Å². The van der Waals surface area contributed by atoms with Crippen molar-refractivity contribution in [3.8, 4) is 5.75 Å². The summed E-state index contributed by atoms with van der Waals surface area (Å²) >= 11 is 0. The van der Waals surface area contributed by atoms with Crippen molar-refractivity contribution in [3.05, 3.63) is 34.9 Å². The lowest BCUT2D eigenvalue weighted by atomic mass is 9.93. The van der Waals surface area contributed by atoms with Crippen molar-refractivity contribution < 1.29 is 14.3 Å². The molecule has 0 fully saturated rings. The average Bonchev–Trinajstić information content (AvgIpc) is 2.97. The summed E-state index contributed by atoms with van der Waals surface area (Å²) in [6.07, 6.45) is 4.50. The molecule has 1 aliphatic carbocycles. The van der Waals surface area contributed by atoms with E-state index in [1.165, 1.54) is 4.90 Å². The summed E-state index contributed by atoms with van der Waals surface area (Å²) in [7, 11) is 0. The molecule has 3 aliphatic rings. The van der Waals surface area contributed by atoms with E-state index in [2.05, 4.69) is 0 Å². The highest BCUT2D eigenvalue weighted by atomic mass is 16.5. The lowest BCUT2D eigenvalue weighted by molar-refractivity contribution is -0.120. The fraction of sp³-hybridized carbons (Fsp3) is 0.412. The molecule has 2 aliphatic heterocycles. The van der Waals surface area contributed by atoms with E-state index >= 15 is 0 Å². The molecule has 0 saturated carbocycles. The zero-order valence-corrected chi connectivity index (χ0v) is 12.0. The number of rotatable bonds is 1. The molecule has 1 aromatic carbocycles. The summed E-state index contributed by atoms with van der Waals surface area (Å²) in [6.45, 7) is 2.02. The number of hydrogen-bond donors (Lipinski definition) is 0. The molecule has 1 aromatic rings. The maximum atomic E-state index is 12.5. The van der Waals surface area contributed by atoms with Crippen molar-refractivity contribution in [3.63, 3.8) is 0 Å². The van der Waals surface area contributed by atoms with Crippen LogP contribution in [0.1, 0.15) is 38.2 Å². The number of ether oxygens (including phenoxy) is 1. The van der Waals surface area contributed by atoms with Crippen LogP contribution in [0.15, 0.2) is 29.3 Å². The van der Waals surface area contributed by atoms with Gasteiger partial charge < -0.3 is 4.74 Å². The Labute approximate surface area is 123 Å². The number of amides is 2. The second-order valence-corrected chi connectivity index (χ2v) is 6.03. The van der Waals surface area contributed by atoms with Gasteiger partial charge in [-0.1, -0.05) is 6.07 Å². The van der Waals surface area contributed by atoms with E-state index < -0.39 is 0 Å². The minimum atomic E-state index is -0.138. The second kappa shape index (κ2) is 4.45. The number of nitrogens with zero attached hydrogens (tertiary/aromatic N) is 1. The lowest BCUT2D eigenvalue weighted by Gasteiger charge is -2.16. The fourth-order valence-corrected chi connectivity index (χ4v) is 3.50. The first-order chi connectivity index (χ1) is 10.1. The number of carbonyl (C=O) groups is 2. The Kier molecular flexibility index (Phi) is 2.67.